The molecule has 2 N–H and O–H groups in total. The van der Waals surface area contributed by atoms with Crippen molar-refractivity contribution in [1.29, 1.82) is 0 Å². The van der Waals surface area contributed by atoms with Gasteiger partial charge in [-0.3, -0.25) is 14.9 Å². The minimum Gasteiger partial charge on any atom is -0.465 e. The van der Waals surface area contributed by atoms with E-state index in [9.17, 15) is 9.59 Å². The molecule has 1 amide bonds. The molecule has 6 heteroatoms. The van der Waals surface area contributed by atoms with Crippen LogP contribution in [0, 0.1) is 5.92 Å². The fourth-order valence-corrected chi connectivity index (χ4v) is 3.43. The van der Waals surface area contributed by atoms with Gasteiger partial charge in [0.25, 0.3) is 0 Å². The van der Waals surface area contributed by atoms with Crippen LogP contribution in [0.4, 0.5) is 5.69 Å². The van der Waals surface area contributed by atoms with Gasteiger partial charge in [-0.05, 0) is 31.2 Å². The van der Waals surface area contributed by atoms with Gasteiger partial charge < -0.3 is 14.8 Å². The lowest BCUT2D eigenvalue weighted by atomic mass is 9.93. The van der Waals surface area contributed by atoms with Crippen LogP contribution in [0.3, 0.4) is 0 Å². The lowest BCUT2D eigenvalue weighted by Crippen LogP contribution is -2.49. The second kappa shape index (κ2) is 9.48. The van der Waals surface area contributed by atoms with Crippen molar-refractivity contribution in [2.24, 2.45) is 5.92 Å². The number of hydrogen-bond acceptors (Lipinski definition) is 5. The van der Waals surface area contributed by atoms with Gasteiger partial charge in [0.1, 0.15) is 6.04 Å². The van der Waals surface area contributed by atoms with E-state index in [1.165, 1.54) is 0 Å². The summed E-state index contributed by atoms with van der Waals surface area (Å²) >= 11 is 0. The van der Waals surface area contributed by atoms with E-state index in [2.05, 4.69) is 10.6 Å². The smallest absolute Gasteiger partial charge is 0.323 e. The standard InChI is InChI=1S/C21H26N2O4/c1-2-27-21(25)20(16-9-6-12-26-14-16)22-13-19(24)23-18-11-5-8-15-7-3-4-10-17(15)18/h3-5,7-8,10-11,16,20,22H,2,6,9,12-14H2,1H3,(H,23,24)/t16-,20+/m1/s1. The lowest BCUT2D eigenvalue weighted by Gasteiger charge is -2.29. The fourth-order valence-electron chi connectivity index (χ4n) is 3.43. The van der Waals surface area contributed by atoms with Crippen molar-refractivity contribution < 1.29 is 19.1 Å². The molecule has 2 aromatic carbocycles. The number of amides is 1. The third-order valence-corrected chi connectivity index (χ3v) is 4.75. The highest BCUT2D eigenvalue weighted by atomic mass is 16.5. The van der Waals surface area contributed by atoms with E-state index in [0.717, 1.165) is 29.3 Å². The van der Waals surface area contributed by atoms with Gasteiger partial charge >= 0.3 is 5.97 Å². The van der Waals surface area contributed by atoms with E-state index >= 15 is 0 Å². The quantitative estimate of drug-likeness (QED) is 0.733. The maximum atomic E-state index is 12.5. The number of ether oxygens (including phenoxy) is 2. The largest absolute Gasteiger partial charge is 0.465 e. The second-order valence-electron chi connectivity index (χ2n) is 6.66. The maximum Gasteiger partial charge on any atom is 0.323 e. The molecule has 1 fully saturated rings. The highest BCUT2D eigenvalue weighted by molar-refractivity contribution is 6.02. The lowest BCUT2D eigenvalue weighted by molar-refractivity contribution is -0.148. The number of anilines is 1. The number of hydrogen-bond donors (Lipinski definition) is 2. The number of esters is 1. The third-order valence-electron chi connectivity index (χ3n) is 4.75. The van der Waals surface area contributed by atoms with Gasteiger partial charge in [0.15, 0.2) is 0 Å². The zero-order valence-corrected chi connectivity index (χ0v) is 15.6. The first kappa shape index (κ1) is 19.3. The molecule has 0 unspecified atom stereocenters. The molecule has 0 bridgehead atoms. The fraction of sp³-hybridized carbons (Fsp3) is 0.429. The Morgan fingerprint density at radius 2 is 2.04 bits per heavy atom. The van der Waals surface area contributed by atoms with Gasteiger partial charge in [0.2, 0.25) is 5.91 Å². The first-order chi connectivity index (χ1) is 13.2. The van der Waals surface area contributed by atoms with Crippen molar-refractivity contribution in [3.05, 3.63) is 42.5 Å². The van der Waals surface area contributed by atoms with E-state index in [-0.39, 0.29) is 24.3 Å². The van der Waals surface area contributed by atoms with E-state index in [4.69, 9.17) is 9.47 Å². The second-order valence-corrected chi connectivity index (χ2v) is 6.66. The number of fused-ring (bicyclic) bond motifs is 1. The number of rotatable bonds is 7. The van der Waals surface area contributed by atoms with Crippen LogP contribution in [-0.2, 0) is 19.1 Å². The van der Waals surface area contributed by atoms with Crippen LogP contribution >= 0.6 is 0 Å². The topological polar surface area (TPSA) is 76.7 Å². The van der Waals surface area contributed by atoms with Crippen molar-refractivity contribution in [3.63, 3.8) is 0 Å². The maximum absolute atomic E-state index is 12.5. The molecule has 0 aliphatic carbocycles. The summed E-state index contributed by atoms with van der Waals surface area (Å²) in [6.07, 6.45) is 1.78. The van der Waals surface area contributed by atoms with Crippen LogP contribution in [0.1, 0.15) is 19.8 Å². The molecule has 1 saturated heterocycles. The Hall–Kier alpha value is -2.44. The van der Waals surface area contributed by atoms with Gasteiger partial charge in [-0.25, -0.2) is 0 Å². The van der Waals surface area contributed by atoms with Crippen LogP contribution in [-0.4, -0.2) is 44.3 Å². The molecule has 2 atom stereocenters. The predicted molar refractivity (Wildman–Crippen MR) is 105 cm³/mol. The molecule has 1 aliphatic rings. The Labute approximate surface area is 159 Å². The summed E-state index contributed by atoms with van der Waals surface area (Å²) in [5, 5.41) is 8.05. The SMILES string of the molecule is CCOC(=O)[C@@H](NCC(=O)Nc1cccc2ccccc12)[C@@H]1CCCOC1. The molecular weight excluding hydrogens is 344 g/mol. The third kappa shape index (κ3) is 5.05. The summed E-state index contributed by atoms with van der Waals surface area (Å²) in [5.41, 5.74) is 0.758. The molecule has 2 aromatic rings. The van der Waals surface area contributed by atoms with Crippen molar-refractivity contribution in [3.8, 4) is 0 Å². The minimum absolute atomic E-state index is 0.0168. The number of nitrogens with one attached hydrogen (secondary N) is 2. The van der Waals surface area contributed by atoms with Crippen molar-refractivity contribution in [2.75, 3.05) is 31.7 Å². The monoisotopic (exact) mass is 370 g/mol. The molecule has 1 aliphatic heterocycles. The van der Waals surface area contributed by atoms with Gasteiger partial charge in [0.05, 0.1) is 19.8 Å². The van der Waals surface area contributed by atoms with E-state index in [1.807, 2.05) is 42.5 Å². The van der Waals surface area contributed by atoms with Crippen LogP contribution in [0.15, 0.2) is 42.5 Å². The Balaban J connectivity index is 1.63. The van der Waals surface area contributed by atoms with Crippen molar-refractivity contribution in [1.82, 2.24) is 5.32 Å². The summed E-state index contributed by atoms with van der Waals surface area (Å²) in [6.45, 7) is 3.34. The molecule has 0 radical (unpaired) electrons. The molecule has 0 aromatic heterocycles. The highest BCUT2D eigenvalue weighted by Crippen LogP contribution is 2.23. The Kier molecular flexibility index (Phi) is 6.79. The summed E-state index contributed by atoms with van der Waals surface area (Å²) < 4.78 is 10.7. The summed E-state index contributed by atoms with van der Waals surface area (Å²) in [4.78, 5) is 24.8. The van der Waals surface area contributed by atoms with Crippen molar-refractivity contribution >= 4 is 28.3 Å². The molecule has 27 heavy (non-hydrogen) atoms. The molecule has 0 saturated carbocycles. The van der Waals surface area contributed by atoms with Crippen LogP contribution in [0.5, 0.6) is 0 Å². The summed E-state index contributed by atoms with van der Waals surface area (Å²) in [6, 6.07) is 13.1. The average molecular weight is 370 g/mol. The Morgan fingerprint density at radius 3 is 2.81 bits per heavy atom. The summed E-state index contributed by atoms with van der Waals surface area (Å²) in [7, 11) is 0. The van der Waals surface area contributed by atoms with E-state index < -0.39 is 6.04 Å². The molecule has 0 spiro atoms. The van der Waals surface area contributed by atoms with Gasteiger partial charge in [0, 0.05) is 23.6 Å². The number of benzene rings is 2. The van der Waals surface area contributed by atoms with E-state index in [0.29, 0.717) is 19.8 Å². The predicted octanol–water partition coefficient (Wildman–Crippen LogP) is 2.73. The average Bonchev–Trinajstić information content (AvgIpc) is 2.69. The summed E-state index contributed by atoms with van der Waals surface area (Å²) in [5.74, 6) is -0.508. The first-order valence-electron chi connectivity index (χ1n) is 9.44. The van der Waals surface area contributed by atoms with Crippen LogP contribution in [0.25, 0.3) is 10.8 Å². The molecule has 1 heterocycles. The molecule has 3 rings (SSSR count). The number of carbonyl (C=O) groups is 2. The van der Waals surface area contributed by atoms with Gasteiger partial charge in [-0.15, -0.1) is 0 Å². The van der Waals surface area contributed by atoms with Crippen LogP contribution in [0.2, 0.25) is 0 Å². The molecule has 144 valence electrons. The Morgan fingerprint density at radius 1 is 1.22 bits per heavy atom. The van der Waals surface area contributed by atoms with Gasteiger partial charge in [-0.1, -0.05) is 36.4 Å². The molecule has 6 nitrogen and oxygen atoms in total. The van der Waals surface area contributed by atoms with E-state index in [1.54, 1.807) is 6.92 Å². The highest BCUT2D eigenvalue weighted by Gasteiger charge is 2.31. The van der Waals surface area contributed by atoms with Gasteiger partial charge in [-0.2, -0.15) is 0 Å². The minimum atomic E-state index is -0.538. The first-order valence-corrected chi connectivity index (χ1v) is 9.44. The Bertz CT molecular complexity index is 781. The van der Waals surface area contributed by atoms with Crippen molar-refractivity contribution in [2.45, 2.75) is 25.8 Å². The molecular formula is C21H26N2O4. The number of carbonyl (C=O) groups excluding carboxylic acids is 2. The normalized spacial score (nSPS) is 18.0. The van der Waals surface area contributed by atoms with Crippen LogP contribution < -0.4 is 10.6 Å². The zero-order chi connectivity index (χ0) is 19.1. The zero-order valence-electron chi connectivity index (χ0n) is 15.6.